The fraction of sp³-hybridized carbons (Fsp3) is 0.250. The zero-order chi connectivity index (χ0) is 27.7. The van der Waals surface area contributed by atoms with Crippen LogP contribution in [0.4, 0.5) is 10.1 Å². The summed E-state index contributed by atoms with van der Waals surface area (Å²) in [4.78, 5) is 27.2. The Labute approximate surface area is 227 Å². The van der Waals surface area contributed by atoms with Crippen LogP contribution in [0.3, 0.4) is 0 Å². The maximum Gasteiger partial charge on any atom is 0.289 e. The van der Waals surface area contributed by atoms with Crippen molar-refractivity contribution in [1.29, 1.82) is 0 Å². The average Bonchev–Trinajstić information content (AvgIpc) is 2.90. The molecule has 1 amide bonds. The summed E-state index contributed by atoms with van der Waals surface area (Å²) in [6, 6.07) is 12.0. The number of para-hydroxylation sites is 1. The summed E-state index contributed by atoms with van der Waals surface area (Å²) < 4.78 is 45.2. The standard InChI is InChI=1S/C24H21Cl2FN4O6S/c25-16-8-7-15(18(26)12-16)13-29-22(33)24(27)10-9-23(14-32,21-17(24)4-3-11-28-21)30-38(36,37)20-6-2-1-5-19(20)31(34)35/h1-8,11-12,30,32H,9-10,13-14H2,(H,29,33)/t23-,24+/m1/s1. The van der Waals surface area contributed by atoms with E-state index in [2.05, 4.69) is 15.0 Å². The minimum absolute atomic E-state index is 0.106. The average molecular weight is 583 g/mol. The third-order valence-corrected chi connectivity index (χ3v) is 8.52. The minimum atomic E-state index is -4.60. The molecule has 2 aromatic carbocycles. The number of benzene rings is 2. The lowest BCUT2D eigenvalue weighted by Crippen LogP contribution is -2.56. The fourth-order valence-electron chi connectivity index (χ4n) is 4.39. The molecule has 10 nitrogen and oxygen atoms in total. The van der Waals surface area contributed by atoms with E-state index in [0.29, 0.717) is 10.6 Å². The number of hydrogen-bond donors (Lipinski definition) is 3. The molecule has 0 radical (unpaired) electrons. The smallest absolute Gasteiger partial charge is 0.289 e. The summed E-state index contributed by atoms with van der Waals surface area (Å²) in [7, 11) is -4.60. The van der Waals surface area contributed by atoms with E-state index < -0.39 is 55.7 Å². The Kier molecular flexibility index (Phi) is 7.73. The van der Waals surface area contributed by atoms with Gasteiger partial charge in [0.15, 0.2) is 4.90 Å². The van der Waals surface area contributed by atoms with Crippen LogP contribution in [0.15, 0.2) is 65.7 Å². The molecule has 0 aliphatic heterocycles. The predicted molar refractivity (Wildman–Crippen MR) is 137 cm³/mol. The largest absolute Gasteiger partial charge is 0.394 e. The Morgan fingerprint density at radius 3 is 2.58 bits per heavy atom. The van der Waals surface area contributed by atoms with E-state index in [1.54, 1.807) is 12.1 Å². The van der Waals surface area contributed by atoms with Gasteiger partial charge in [-0.2, -0.15) is 4.72 Å². The molecule has 0 fully saturated rings. The van der Waals surface area contributed by atoms with E-state index in [9.17, 15) is 28.4 Å². The Morgan fingerprint density at radius 2 is 1.89 bits per heavy atom. The monoisotopic (exact) mass is 582 g/mol. The summed E-state index contributed by atoms with van der Waals surface area (Å²) >= 11 is 12.0. The van der Waals surface area contributed by atoms with Crippen LogP contribution in [0.25, 0.3) is 0 Å². The minimum Gasteiger partial charge on any atom is -0.394 e. The van der Waals surface area contributed by atoms with Crippen LogP contribution >= 0.6 is 23.2 Å². The Balaban J connectivity index is 1.68. The highest BCUT2D eigenvalue weighted by Crippen LogP contribution is 2.46. The van der Waals surface area contributed by atoms with Crippen LogP contribution in [0.5, 0.6) is 0 Å². The van der Waals surface area contributed by atoms with Gasteiger partial charge in [0, 0.05) is 34.4 Å². The number of amides is 1. The van der Waals surface area contributed by atoms with Crippen molar-refractivity contribution in [3.05, 3.63) is 97.8 Å². The Hall–Kier alpha value is -3.16. The SMILES string of the molecule is O=C(NCc1ccc(Cl)cc1Cl)[C@]1(F)CC[C@](CO)(NS(=O)(=O)c2ccccc2[N+](=O)[O-])c2ncccc21. The van der Waals surface area contributed by atoms with Gasteiger partial charge in [-0.1, -0.05) is 47.5 Å². The summed E-state index contributed by atoms with van der Waals surface area (Å²) in [6.45, 7) is -0.958. The number of hydrogen-bond acceptors (Lipinski definition) is 7. The van der Waals surface area contributed by atoms with Gasteiger partial charge in [0.25, 0.3) is 11.6 Å². The Bertz CT molecular complexity index is 1530. The van der Waals surface area contributed by atoms with Gasteiger partial charge < -0.3 is 10.4 Å². The summed E-state index contributed by atoms with van der Waals surface area (Å²) in [5, 5.41) is 24.9. The van der Waals surface area contributed by atoms with Gasteiger partial charge in [-0.05, 0) is 42.7 Å². The van der Waals surface area contributed by atoms with E-state index >= 15 is 4.39 Å². The van der Waals surface area contributed by atoms with Gasteiger partial charge in [0.1, 0.15) is 0 Å². The zero-order valence-corrected chi connectivity index (χ0v) is 21.9. The molecule has 0 bridgehead atoms. The highest BCUT2D eigenvalue weighted by Gasteiger charge is 2.54. The number of nitro benzene ring substituents is 1. The topological polar surface area (TPSA) is 152 Å². The lowest BCUT2D eigenvalue weighted by Gasteiger charge is -2.41. The second-order valence-corrected chi connectivity index (χ2v) is 11.2. The molecular formula is C24H21Cl2FN4O6S. The zero-order valence-electron chi connectivity index (χ0n) is 19.5. The van der Waals surface area contributed by atoms with Crippen LogP contribution < -0.4 is 10.0 Å². The first-order valence-corrected chi connectivity index (χ1v) is 13.4. The number of nitro groups is 1. The van der Waals surface area contributed by atoms with Crippen molar-refractivity contribution < 1.29 is 27.6 Å². The first-order valence-electron chi connectivity index (χ1n) is 11.2. The molecule has 3 N–H and O–H groups in total. The lowest BCUT2D eigenvalue weighted by atomic mass is 9.73. The van der Waals surface area contributed by atoms with Gasteiger partial charge >= 0.3 is 0 Å². The number of sulfonamides is 1. The molecule has 200 valence electrons. The molecule has 0 unspecified atom stereocenters. The molecule has 1 aliphatic rings. The number of aromatic nitrogens is 1. The normalized spacial score (nSPS) is 20.9. The second-order valence-electron chi connectivity index (χ2n) is 8.69. The van der Waals surface area contributed by atoms with Gasteiger partial charge in [0.2, 0.25) is 15.7 Å². The van der Waals surface area contributed by atoms with Crippen molar-refractivity contribution in [1.82, 2.24) is 15.0 Å². The van der Waals surface area contributed by atoms with Gasteiger partial charge in [-0.25, -0.2) is 12.8 Å². The number of halogens is 3. The van der Waals surface area contributed by atoms with E-state index in [1.807, 2.05) is 0 Å². The van der Waals surface area contributed by atoms with Crippen molar-refractivity contribution in [2.75, 3.05) is 6.61 Å². The van der Waals surface area contributed by atoms with Gasteiger partial charge in [0.05, 0.1) is 22.8 Å². The quantitative estimate of drug-likeness (QED) is 0.270. The van der Waals surface area contributed by atoms with Crippen molar-refractivity contribution in [3.8, 4) is 0 Å². The van der Waals surface area contributed by atoms with Crippen molar-refractivity contribution in [2.45, 2.75) is 35.5 Å². The summed E-state index contributed by atoms with van der Waals surface area (Å²) in [5.41, 5.74) is -5.11. The van der Waals surface area contributed by atoms with Crippen LogP contribution in [0, 0.1) is 10.1 Å². The molecule has 1 heterocycles. The molecule has 1 aliphatic carbocycles. The maximum atomic E-state index is 16.4. The third-order valence-electron chi connectivity index (χ3n) is 6.35. The molecule has 0 saturated heterocycles. The lowest BCUT2D eigenvalue weighted by molar-refractivity contribution is -0.387. The molecular weight excluding hydrogens is 562 g/mol. The first kappa shape index (κ1) is 27.9. The van der Waals surface area contributed by atoms with Gasteiger partial charge in [-0.15, -0.1) is 0 Å². The van der Waals surface area contributed by atoms with Crippen molar-refractivity contribution >= 4 is 44.8 Å². The molecule has 2 atom stereocenters. The number of rotatable bonds is 8. The molecule has 14 heteroatoms. The molecule has 1 aromatic heterocycles. The molecule has 38 heavy (non-hydrogen) atoms. The van der Waals surface area contributed by atoms with E-state index in [-0.39, 0.29) is 29.2 Å². The number of aliphatic hydroxyl groups excluding tert-OH is 1. The van der Waals surface area contributed by atoms with Crippen LogP contribution in [0.2, 0.25) is 10.0 Å². The Morgan fingerprint density at radius 1 is 1.16 bits per heavy atom. The first-order chi connectivity index (χ1) is 17.9. The molecule has 0 saturated carbocycles. The fourth-order valence-corrected chi connectivity index (χ4v) is 6.43. The van der Waals surface area contributed by atoms with E-state index in [0.717, 1.165) is 12.1 Å². The number of alkyl halides is 1. The van der Waals surface area contributed by atoms with Gasteiger partial charge in [-0.3, -0.25) is 19.9 Å². The van der Waals surface area contributed by atoms with E-state index in [1.165, 1.54) is 36.5 Å². The van der Waals surface area contributed by atoms with Crippen molar-refractivity contribution in [3.63, 3.8) is 0 Å². The highest BCUT2D eigenvalue weighted by molar-refractivity contribution is 7.89. The van der Waals surface area contributed by atoms with Crippen molar-refractivity contribution in [2.24, 2.45) is 0 Å². The second kappa shape index (κ2) is 10.5. The number of nitrogens with zero attached hydrogens (tertiary/aromatic N) is 2. The number of aliphatic hydroxyl groups is 1. The third kappa shape index (κ3) is 5.09. The number of carbonyl (C=O) groups is 1. The predicted octanol–water partition coefficient (Wildman–Crippen LogP) is 3.74. The van der Waals surface area contributed by atoms with Crippen LogP contribution in [-0.4, -0.2) is 35.9 Å². The van der Waals surface area contributed by atoms with Crippen LogP contribution in [0.1, 0.15) is 29.7 Å². The van der Waals surface area contributed by atoms with E-state index in [4.69, 9.17) is 23.2 Å². The number of fused-ring (bicyclic) bond motifs is 1. The highest BCUT2D eigenvalue weighted by atomic mass is 35.5. The molecule has 3 aromatic rings. The maximum absolute atomic E-state index is 16.4. The number of carbonyl (C=O) groups excluding carboxylic acids is 1. The molecule has 0 spiro atoms. The summed E-state index contributed by atoms with van der Waals surface area (Å²) in [6.07, 6.45) is 0.366. The number of nitrogens with one attached hydrogen (secondary N) is 2. The summed E-state index contributed by atoms with van der Waals surface area (Å²) in [5.74, 6) is -1.01. The number of pyridine rings is 1. The van der Waals surface area contributed by atoms with Crippen LogP contribution in [-0.2, 0) is 32.6 Å². The molecule has 4 rings (SSSR count).